The maximum absolute atomic E-state index is 5.57. The van der Waals surface area contributed by atoms with Gasteiger partial charge in [-0.3, -0.25) is 10.1 Å². The summed E-state index contributed by atoms with van der Waals surface area (Å²) in [5.41, 5.74) is 8.40. The number of thiocarbonyl (C=S) groups is 1. The second kappa shape index (κ2) is 9.10. The first-order chi connectivity index (χ1) is 13.0. The normalized spacial score (nSPS) is 16.8. The molecule has 1 aliphatic rings. The number of hydrogen-bond donors (Lipinski definition) is 2. The molecule has 0 saturated carbocycles. The van der Waals surface area contributed by atoms with Crippen molar-refractivity contribution in [2.24, 2.45) is 5.10 Å². The predicted molar refractivity (Wildman–Crippen MR) is 112 cm³/mol. The number of aromatic nitrogens is 2. The molecule has 0 aliphatic carbocycles. The second-order valence-electron chi connectivity index (χ2n) is 6.94. The highest BCUT2D eigenvalue weighted by molar-refractivity contribution is 7.80. The van der Waals surface area contributed by atoms with Crippen LogP contribution in [-0.2, 0) is 11.3 Å². The Kier molecular flexibility index (Phi) is 6.58. The van der Waals surface area contributed by atoms with Crippen molar-refractivity contribution < 1.29 is 4.74 Å². The van der Waals surface area contributed by atoms with Crippen molar-refractivity contribution in [1.29, 1.82) is 0 Å². The molecule has 2 N–H and O–H groups in total. The zero-order chi connectivity index (χ0) is 19.2. The molecule has 144 valence electrons. The monoisotopic (exact) mass is 385 g/mol. The lowest BCUT2D eigenvalue weighted by atomic mass is 10.1. The van der Waals surface area contributed by atoms with Gasteiger partial charge in [0.05, 0.1) is 24.6 Å². The minimum Gasteiger partial charge on any atom is -0.376 e. The van der Waals surface area contributed by atoms with E-state index in [1.807, 2.05) is 11.6 Å². The molecule has 1 aliphatic heterocycles. The first-order valence-corrected chi connectivity index (χ1v) is 9.72. The molecule has 0 bridgehead atoms. The Bertz CT molecular complexity index is 807. The molecule has 7 heteroatoms. The zero-order valence-corrected chi connectivity index (χ0v) is 17.0. The Balaban J connectivity index is 1.56. The summed E-state index contributed by atoms with van der Waals surface area (Å²) in [6.45, 7) is 8.45. The molecule has 3 rings (SSSR count). The lowest BCUT2D eigenvalue weighted by molar-refractivity contribution is 0.114. The minimum absolute atomic E-state index is 0.248. The summed E-state index contributed by atoms with van der Waals surface area (Å²) >= 11 is 5.26. The lowest BCUT2D eigenvalue weighted by Gasteiger charge is -2.11. The molecule has 1 fully saturated rings. The topological polar surface area (TPSA) is 63.5 Å². The van der Waals surface area contributed by atoms with Crippen LogP contribution in [0.5, 0.6) is 0 Å². The Morgan fingerprint density at radius 2 is 2.11 bits per heavy atom. The first-order valence-electron chi connectivity index (χ1n) is 9.31. The number of benzene rings is 1. The maximum atomic E-state index is 5.57. The van der Waals surface area contributed by atoms with Gasteiger partial charge in [-0.25, -0.2) is 0 Å². The van der Waals surface area contributed by atoms with Crippen LogP contribution >= 0.6 is 12.2 Å². The van der Waals surface area contributed by atoms with Crippen molar-refractivity contribution in [3.05, 3.63) is 52.3 Å². The fourth-order valence-electron chi connectivity index (χ4n) is 3.12. The lowest BCUT2D eigenvalue weighted by Crippen LogP contribution is -2.37. The third-order valence-electron chi connectivity index (χ3n) is 4.76. The third kappa shape index (κ3) is 5.37. The summed E-state index contributed by atoms with van der Waals surface area (Å²) in [7, 11) is 0. The summed E-state index contributed by atoms with van der Waals surface area (Å²) in [6, 6.07) is 8.52. The van der Waals surface area contributed by atoms with Gasteiger partial charge in [0.2, 0.25) is 0 Å². The maximum Gasteiger partial charge on any atom is 0.187 e. The van der Waals surface area contributed by atoms with Crippen molar-refractivity contribution in [2.75, 3.05) is 13.2 Å². The van der Waals surface area contributed by atoms with E-state index in [9.17, 15) is 0 Å². The van der Waals surface area contributed by atoms with Crippen molar-refractivity contribution in [1.82, 2.24) is 20.5 Å². The van der Waals surface area contributed by atoms with Crippen LogP contribution in [0.3, 0.4) is 0 Å². The van der Waals surface area contributed by atoms with Gasteiger partial charge in [-0.2, -0.15) is 10.2 Å². The summed E-state index contributed by atoms with van der Waals surface area (Å²) in [6.07, 6.45) is 4.23. The predicted octanol–water partition coefficient (Wildman–Crippen LogP) is 2.83. The quantitative estimate of drug-likeness (QED) is 0.455. The number of rotatable bonds is 6. The highest BCUT2D eigenvalue weighted by atomic mass is 32.1. The Morgan fingerprint density at radius 1 is 1.33 bits per heavy atom. The van der Waals surface area contributed by atoms with E-state index < -0.39 is 0 Å². The SMILES string of the molecule is Cc1ccc(Cn2nc(C)c(C=NNC(=S)NCC3CCCO3)c2C)cc1. The molecule has 2 heterocycles. The van der Waals surface area contributed by atoms with Crippen LogP contribution in [0.1, 0.15) is 40.9 Å². The number of ether oxygens (including phenoxy) is 1. The Hall–Kier alpha value is -2.25. The summed E-state index contributed by atoms with van der Waals surface area (Å²) in [5, 5.41) is 12.6. The highest BCUT2D eigenvalue weighted by Gasteiger charge is 2.15. The van der Waals surface area contributed by atoms with E-state index in [0.717, 1.165) is 42.9 Å². The molecule has 0 spiro atoms. The fraction of sp³-hybridized carbons (Fsp3) is 0.450. The number of nitrogens with zero attached hydrogens (tertiary/aromatic N) is 3. The molecule has 0 radical (unpaired) electrons. The van der Waals surface area contributed by atoms with Crippen LogP contribution in [0.4, 0.5) is 0 Å². The first kappa shape index (κ1) is 19.5. The van der Waals surface area contributed by atoms with Crippen molar-refractivity contribution in [3.8, 4) is 0 Å². The van der Waals surface area contributed by atoms with Gasteiger partial charge < -0.3 is 10.1 Å². The van der Waals surface area contributed by atoms with Gasteiger partial charge in [0, 0.05) is 24.4 Å². The van der Waals surface area contributed by atoms with E-state index in [1.54, 1.807) is 6.21 Å². The number of hydrogen-bond acceptors (Lipinski definition) is 4. The molecule has 1 unspecified atom stereocenters. The van der Waals surface area contributed by atoms with Gasteiger partial charge in [0.15, 0.2) is 5.11 Å². The van der Waals surface area contributed by atoms with Gasteiger partial charge in [-0.15, -0.1) is 0 Å². The van der Waals surface area contributed by atoms with Gasteiger partial charge in [0.1, 0.15) is 0 Å². The molecule has 1 saturated heterocycles. The average molecular weight is 386 g/mol. The van der Waals surface area contributed by atoms with E-state index in [-0.39, 0.29) is 6.10 Å². The van der Waals surface area contributed by atoms with Crippen molar-refractivity contribution in [3.63, 3.8) is 0 Å². The Labute approximate surface area is 166 Å². The smallest absolute Gasteiger partial charge is 0.187 e. The second-order valence-corrected chi connectivity index (χ2v) is 7.35. The molecule has 1 aromatic heterocycles. The number of hydrazone groups is 1. The van der Waals surface area contributed by atoms with Crippen LogP contribution in [0, 0.1) is 20.8 Å². The average Bonchev–Trinajstić information content (AvgIpc) is 3.26. The van der Waals surface area contributed by atoms with E-state index in [0.29, 0.717) is 11.7 Å². The molecular weight excluding hydrogens is 358 g/mol. The fourth-order valence-corrected chi connectivity index (χ4v) is 3.26. The van der Waals surface area contributed by atoms with Crippen LogP contribution in [-0.4, -0.2) is 40.4 Å². The van der Waals surface area contributed by atoms with Gasteiger partial charge in [0.25, 0.3) is 0 Å². The van der Waals surface area contributed by atoms with E-state index >= 15 is 0 Å². The van der Waals surface area contributed by atoms with Crippen LogP contribution < -0.4 is 10.7 Å². The van der Waals surface area contributed by atoms with E-state index in [4.69, 9.17) is 17.0 Å². The largest absolute Gasteiger partial charge is 0.376 e. The van der Waals surface area contributed by atoms with Crippen LogP contribution in [0.25, 0.3) is 0 Å². The number of aryl methyl sites for hydroxylation is 2. The number of nitrogens with one attached hydrogen (secondary N) is 2. The Morgan fingerprint density at radius 3 is 2.81 bits per heavy atom. The summed E-state index contributed by atoms with van der Waals surface area (Å²) < 4.78 is 7.58. The highest BCUT2D eigenvalue weighted by Crippen LogP contribution is 2.13. The third-order valence-corrected chi connectivity index (χ3v) is 5.00. The van der Waals surface area contributed by atoms with Crippen LogP contribution in [0.2, 0.25) is 0 Å². The standard InChI is InChI=1S/C20H27N5OS/c1-14-6-8-17(9-7-14)13-25-16(3)19(15(2)24-25)12-22-23-20(27)21-11-18-5-4-10-26-18/h6-9,12,18H,4-5,10-11,13H2,1-3H3,(H2,21,23,27). The van der Waals surface area contributed by atoms with Gasteiger partial charge in [-0.05, 0) is 51.4 Å². The molecular formula is C20H27N5OS. The molecule has 27 heavy (non-hydrogen) atoms. The molecule has 1 atom stereocenters. The van der Waals surface area contributed by atoms with Gasteiger partial charge >= 0.3 is 0 Å². The van der Waals surface area contributed by atoms with E-state index in [1.165, 1.54) is 11.1 Å². The molecule has 2 aromatic rings. The molecule has 0 amide bonds. The molecule has 1 aromatic carbocycles. The van der Waals surface area contributed by atoms with Gasteiger partial charge in [-0.1, -0.05) is 29.8 Å². The zero-order valence-electron chi connectivity index (χ0n) is 16.2. The van der Waals surface area contributed by atoms with E-state index in [2.05, 4.69) is 59.1 Å². The van der Waals surface area contributed by atoms with Crippen molar-refractivity contribution >= 4 is 23.5 Å². The summed E-state index contributed by atoms with van der Waals surface area (Å²) in [5.74, 6) is 0. The van der Waals surface area contributed by atoms with Crippen molar-refractivity contribution in [2.45, 2.75) is 46.3 Å². The summed E-state index contributed by atoms with van der Waals surface area (Å²) in [4.78, 5) is 0. The van der Waals surface area contributed by atoms with Crippen LogP contribution in [0.15, 0.2) is 29.4 Å². The minimum atomic E-state index is 0.248. The molecule has 6 nitrogen and oxygen atoms in total.